The zero-order valence-corrected chi connectivity index (χ0v) is 12.1. The minimum Gasteiger partial charge on any atom is -0.362 e. The van der Waals surface area contributed by atoms with Crippen molar-refractivity contribution >= 4 is 28.3 Å². The monoisotopic (exact) mass is 268 g/mol. The highest BCUT2D eigenvalue weighted by Crippen LogP contribution is 2.24. The Balaban J connectivity index is 1.74. The summed E-state index contributed by atoms with van der Waals surface area (Å²) in [4.78, 5) is 4.58. The van der Waals surface area contributed by atoms with Gasteiger partial charge in [-0.25, -0.2) is 0 Å². The van der Waals surface area contributed by atoms with E-state index in [1.54, 1.807) is 11.3 Å². The first-order valence-electron chi connectivity index (χ1n) is 6.26. The van der Waals surface area contributed by atoms with E-state index in [0.717, 1.165) is 18.1 Å². The summed E-state index contributed by atoms with van der Waals surface area (Å²) in [6, 6.07) is 2.67. The molecule has 2 nitrogen and oxygen atoms in total. The van der Waals surface area contributed by atoms with E-state index in [0.29, 0.717) is 11.3 Å². The van der Waals surface area contributed by atoms with E-state index in [9.17, 15) is 0 Å². The Morgan fingerprint density at radius 1 is 1.59 bits per heavy atom. The first-order valence-corrected chi connectivity index (χ1v) is 8.09. The van der Waals surface area contributed by atoms with Gasteiger partial charge in [0.2, 0.25) is 0 Å². The molecule has 2 unspecified atom stereocenters. The third kappa shape index (κ3) is 4.03. The maximum atomic E-state index is 4.58. The molecule has 4 heteroatoms. The lowest BCUT2D eigenvalue weighted by Crippen LogP contribution is -2.31. The number of nitrogens with one attached hydrogen (secondary N) is 1. The second-order valence-corrected chi connectivity index (χ2v) is 6.62. The SMILES string of the molecule is CCCC1CN=C(NC(C)Cc2ccsc2)S1. The minimum atomic E-state index is 0.469. The molecular formula is C13H20N2S2. The molecule has 1 aliphatic heterocycles. The summed E-state index contributed by atoms with van der Waals surface area (Å²) in [6.45, 7) is 5.46. The Labute approximate surface area is 112 Å². The Hall–Kier alpha value is -0.480. The summed E-state index contributed by atoms with van der Waals surface area (Å²) >= 11 is 3.69. The number of hydrogen-bond acceptors (Lipinski definition) is 4. The number of amidine groups is 1. The molecule has 0 aliphatic carbocycles. The van der Waals surface area contributed by atoms with E-state index < -0.39 is 0 Å². The molecule has 0 bridgehead atoms. The highest BCUT2D eigenvalue weighted by molar-refractivity contribution is 8.14. The van der Waals surface area contributed by atoms with Crippen LogP contribution in [-0.4, -0.2) is 23.0 Å². The van der Waals surface area contributed by atoms with Crippen molar-refractivity contribution < 1.29 is 0 Å². The van der Waals surface area contributed by atoms with Crippen molar-refractivity contribution in [1.29, 1.82) is 0 Å². The van der Waals surface area contributed by atoms with Crippen LogP contribution in [0.25, 0.3) is 0 Å². The molecule has 94 valence electrons. The molecule has 1 aromatic heterocycles. The van der Waals surface area contributed by atoms with Gasteiger partial charge in [0.1, 0.15) is 0 Å². The van der Waals surface area contributed by atoms with Gasteiger partial charge in [0.15, 0.2) is 5.17 Å². The number of aliphatic imine (C=N–C) groups is 1. The summed E-state index contributed by atoms with van der Waals surface area (Å²) in [6.07, 6.45) is 3.62. The molecule has 0 spiro atoms. The zero-order valence-electron chi connectivity index (χ0n) is 10.5. The second kappa shape index (κ2) is 6.45. The van der Waals surface area contributed by atoms with E-state index in [2.05, 4.69) is 41.0 Å². The lowest BCUT2D eigenvalue weighted by Gasteiger charge is -2.14. The van der Waals surface area contributed by atoms with Crippen LogP contribution in [0.4, 0.5) is 0 Å². The van der Waals surface area contributed by atoms with Gasteiger partial charge >= 0.3 is 0 Å². The first kappa shape index (κ1) is 13.0. The predicted octanol–water partition coefficient (Wildman–Crippen LogP) is 3.54. The quantitative estimate of drug-likeness (QED) is 0.883. The predicted molar refractivity (Wildman–Crippen MR) is 79.2 cm³/mol. The third-order valence-corrected chi connectivity index (χ3v) is 4.74. The Bertz CT molecular complexity index is 360. The number of nitrogens with zero attached hydrogens (tertiary/aromatic N) is 1. The highest BCUT2D eigenvalue weighted by atomic mass is 32.2. The molecule has 0 aromatic carbocycles. The van der Waals surface area contributed by atoms with E-state index in [1.807, 2.05) is 11.8 Å². The maximum Gasteiger partial charge on any atom is 0.157 e. The lowest BCUT2D eigenvalue weighted by molar-refractivity contribution is 0.666. The lowest BCUT2D eigenvalue weighted by atomic mass is 10.1. The van der Waals surface area contributed by atoms with Crippen LogP contribution in [-0.2, 0) is 6.42 Å². The number of thiophene rings is 1. The fraction of sp³-hybridized carbons (Fsp3) is 0.615. The van der Waals surface area contributed by atoms with Gasteiger partial charge in [-0.2, -0.15) is 11.3 Å². The molecule has 0 saturated heterocycles. The van der Waals surface area contributed by atoms with Crippen molar-refractivity contribution in [3.05, 3.63) is 22.4 Å². The van der Waals surface area contributed by atoms with Gasteiger partial charge in [0, 0.05) is 11.3 Å². The minimum absolute atomic E-state index is 0.469. The van der Waals surface area contributed by atoms with E-state index in [4.69, 9.17) is 0 Å². The van der Waals surface area contributed by atoms with E-state index in [1.165, 1.54) is 18.4 Å². The maximum absolute atomic E-state index is 4.58. The van der Waals surface area contributed by atoms with Gasteiger partial charge in [-0.3, -0.25) is 4.99 Å². The molecule has 1 aromatic rings. The summed E-state index contributed by atoms with van der Waals surface area (Å²) in [7, 11) is 0. The fourth-order valence-corrected chi connectivity index (χ4v) is 3.91. The smallest absolute Gasteiger partial charge is 0.157 e. The van der Waals surface area contributed by atoms with Crippen molar-refractivity contribution in [2.75, 3.05) is 6.54 Å². The van der Waals surface area contributed by atoms with Crippen LogP contribution in [0.5, 0.6) is 0 Å². The Morgan fingerprint density at radius 2 is 2.47 bits per heavy atom. The molecule has 0 saturated carbocycles. The van der Waals surface area contributed by atoms with Crippen molar-refractivity contribution in [3.8, 4) is 0 Å². The largest absolute Gasteiger partial charge is 0.362 e. The fourth-order valence-electron chi connectivity index (χ4n) is 1.99. The summed E-state index contributed by atoms with van der Waals surface area (Å²) in [5, 5.41) is 9.74. The molecule has 0 amide bonds. The van der Waals surface area contributed by atoms with Crippen molar-refractivity contribution in [1.82, 2.24) is 5.32 Å². The van der Waals surface area contributed by atoms with Crippen molar-refractivity contribution in [2.45, 2.75) is 44.4 Å². The average molecular weight is 268 g/mol. The molecule has 2 heterocycles. The first-order chi connectivity index (χ1) is 8.28. The van der Waals surface area contributed by atoms with Gasteiger partial charge in [-0.1, -0.05) is 25.1 Å². The molecule has 17 heavy (non-hydrogen) atoms. The Morgan fingerprint density at radius 3 is 3.18 bits per heavy atom. The van der Waals surface area contributed by atoms with Crippen molar-refractivity contribution in [3.63, 3.8) is 0 Å². The van der Waals surface area contributed by atoms with Gasteiger partial charge in [0.25, 0.3) is 0 Å². The van der Waals surface area contributed by atoms with Crippen LogP contribution in [0, 0.1) is 0 Å². The summed E-state index contributed by atoms with van der Waals surface area (Å²) in [5.41, 5.74) is 1.42. The molecule has 2 rings (SSSR count). The molecule has 1 aliphatic rings. The molecule has 0 radical (unpaired) electrons. The van der Waals surface area contributed by atoms with Gasteiger partial charge in [-0.05, 0) is 42.2 Å². The van der Waals surface area contributed by atoms with Crippen molar-refractivity contribution in [2.24, 2.45) is 4.99 Å². The zero-order chi connectivity index (χ0) is 12.1. The summed E-state index contributed by atoms with van der Waals surface area (Å²) < 4.78 is 0. The normalized spacial score (nSPS) is 21.3. The standard InChI is InChI=1S/C13H20N2S2/c1-3-4-12-8-14-13(17-12)15-10(2)7-11-5-6-16-9-11/h5-6,9-10,12H,3-4,7-8H2,1-2H3,(H,14,15). The number of hydrogen-bond donors (Lipinski definition) is 1. The van der Waals surface area contributed by atoms with Crippen LogP contribution in [0.1, 0.15) is 32.3 Å². The third-order valence-electron chi connectivity index (χ3n) is 2.82. The molecule has 2 atom stereocenters. The highest BCUT2D eigenvalue weighted by Gasteiger charge is 2.19. The average Bonchev–Trinajstić information content (AvgIpc) is 2.91. The Kier molecular flexibility index (Phi) is 4.92. The van der Waals surface area contributed by atoms with Crippen LogP contribution < -0.4 is 5.32 Å². The van der Waals surface area contributed by atoms with Gasteiger partial charge in [0.05, 0.1) is 6.54 Å². The summed E-state index contributed by atoms with van der Waals surface area (Å²) in [5.74, 6) is 0. The second-order valence-electron chi connectivity index (χ2n) is 4.56. The van der Waals surface area contributed by atoms with Crippen LogP contribution in [0.2, 0.25) is 0 Å². The van der Waals surface area contributed by atoms with Gasteiger partial charge in [-0.15, -0.1) is 0 Å². The van der Waals surface area contributed by atoms with Crippen LogP contribution >= 0.6 is 23.1 Å². The van der Waals surface area contributed by atoms with Crippen LogP contribution in [0.3, 0.4) is 0 Å². The topological polar surface area (TPSA) is 24.4 Å². The van der Waals surface area contributed by atoms with E-state index in [-0.39, 0.29) is 0 Å². The number of thioether (sulfide) groups is 1. The molecule has 1 N–H and O–H groups in total. The van der Waals surface area contributed by atoms with Crippen LogP contribution in [0.15, 0.2) is 21.8 Å². The molecular weight excluding hydrogens is 248 g/mol. The van der Waals surface area contributed by atoms with E-state index >= 15 is 0 Å². The molecule has 0 fully saturated rings. The van der Waals surface area contributed by atoms with Gasteiger partial charge < -0.3 is 5.32 Å². The number of rotatable bonds is 5.